The number of aryl methyl sites for hydroxylation is 1. The van der Waals surface area contributed by atoms with Crippen LogP contribution in [0.2, 0.25) is 0 Å². The van der Waals surface area contributed by atoms with E-state index < -0.39 is 0 Å². The zero-order chi connectivity index (χ0) is 13.1. The summed E-state index contributed by atoms with van der Waals surface area (Å²) in [5, 5.41) is 0. The van der Waals surface area contributed by atoms with Gasteiger partial charge in [0.05, 0.1) is 6.54 Å². The van der Waals surface area contributed by atoms with E-state index in [0.29, 0.717) is 12.1 Å². The molecule has 0 bridgehead atoms. The first-order chi connectivity index (χ1) is 8.56. The van der Waals surface area contributed by atoms with Crippen LogP contribution < -0.4 is 0 Å². The van der Waals surface area contributed by atoms with Gasteiger partial charge in [-0.15, -0.1) is 0 Å². The average molecular weight is 308 g/mol. The monoisotopic (exact) mass is 307 g/mol. The van der Waals surface area contributed by atoms with Gasteiger partial charge in [-0.2, -0.15) is 0 Å². The van der Waals surface area contributed by atoms with Crippen LogP contribution in [0.4, 0.5) is 0 Å². The number of hydrogen-bond acceptors (Lipinski definition) is 2. The zero-order valence-electron chi connectivity index (χ0n) is 10.3. The van der Waals surface area contributed by atoms with Crippen LogP contribution in [0.5, 0.6) is 0 Å². The second kappa shape index (κ2) is 5.35. The van der Waals surface area contributed by atoms with Crippen LogP contribution >= 0.6 is 15.9 Å². The van der Waals surface area contributed by atoms with Gasteiger partial charge in [-0.1, -0.05) is 15.9 Å². The number of nitrogens with one attached hydrogen (secondary N) is 1. The molecule has 2 aromatic rings. The van der Waals surface area contributed by atoms with Crippen molar-refractivity contribution >= 4 is 21.8 Å². The number of amides is 1. The van der Waals surface area contributed by atoms with E-state index in [1.165, 1.54) is 0 Å². The Morgan fingerprint density at radius 1 is 1.44 bits per heavy atom. The van der Waals surface area contributed by atoms with Crippen molar-refractivity contribution in [2.45, 2.75) is 13.5 Å². The third-order valence-electron chi connectivity index (χ3n) is 2.58. The van der Waals surface area contributed by atoms with Crippen molar-refractivity contribution < 1.29 is 4.79 Å². The normalized spacial score (nSPS) is 10.4. The van der Waals surface area contributed by atoms with Gasteiger partial charge in [0.15, 0.2) is 0 Å². The highest BCUT2D eigenvalue weighted by Gasteiger charge is 2.13. The summed E-state index contributed by atoms with van der Waals surface area (Å²) in [5.74, 6) is 0.758. The molecule has 0 saturated carbocycles. The minimum Gasteiger partial charge on any atom is -0.347 e. The van der Waals surface area contributed by atoms with E-state index in [0.717, 1.165) is 15.9 Å². The number of rotatable bonds is 3. The quantitative estimate of drug-likeness (QED) is 0.948. The van der Waals surface area contributed by atoms with Gasteiger partial charge in [0.1, 0.15) is 5.82 Å². The lowest BCUT2D eigenvalue weighted by Crippen LogP contribution is -2.26. The summed E-state index contributed by atoms with van der Waals surface area (Å²) in [5.41, 5.74) is 1.73. The Labute approximate surface area is 114 Å². The maximum Gasteiger partial charge on any atom is 0.254 e. The molecule has 5 heteroatoms. The molecule has 2 rings (SSSR count). The molecule has 94 valence electrons. The van der Waals surface area contributed by atoms with Crippen molar-refractivity contribution in [1.29, 1.82) is 0 Å². The van der Waals surface area contributed by atoms with Gasteiger partial charge >= 0.3 is 0 Å². The van der Waals surface area contributed by atoms with Crippen molar-refractivity contribution in [2.75, 3.05) is 7.05 Å². The Kier molecular flexibility index (Phi) is 3.81. The first kappa shape index (κ1) is 12.8. The van der Waals surface area contributed by atoms with Crippen LogP contribution in [0.3, 0.4) is 0 Å². The molecule has 0 atom stereocenters. The molecule has 0 aliphatic heterocycles. The van der Waals surface area contributed by atoms with E-state index in [1.807, 2.05) is 25.1 Å². The topological polar surface area (TPSA) is 49.0 Å². The van der Waals surface area contributed by atoms with Crippen molar-refractivity contribution in [3.63, 3.8) is 0 Å². The summed E-state index contributed by atoms with van der Waals surface area (Å²) >= 11 is 3.40. The molecule has 1 heterocycles. The lowest BCUT2D eigenvalue weighted by atomic mass is 10.1. The fourth-order valence-electron chi connectivity index (χ4n) is 1.76. The Morgan fingerprint density at radius 2 is 2.22 bits per heavy atom. The Balaban J connectivity index is 2.15. The van der Waals surface area contributed by atoms with E-state index in [2.05, 4.69) is 25.9 Å². The number of benzene rings is 1. The number of hydrogen-bond donors (Lipinski definition) is 1. The molecule has 0 aliphatic carbocycles. The maximum atomic E-state index is 12.2. The number of carbonyl (C=O) groups excluding carboxylic acids is 1. The third kappa shape index (κ3) is 2.98. The average Bonchev–Trinajstić information content (AvgIpc) is 2.79. The Morgan fingerprint density at radius 3 is 2.83 bits per heavy atom. The predicted octanol–water partition coefficient (Wildman–Crippen LogP) is 2.75. The molecule has 0 radical (unpaired) electrons. The molecule has 0 fully saturated rings. The minimum absolute atomic E-state index is 0.0178. The lowest BCUT2D eigenvalue weighted by molar-refractivity contribution is 0.0781. The van der Waals surface area contributed by atoms with E-state index in [9.17, 15) is 4.79 Å². The smallest absolute Gasteiger partial charge is 0.254 e. The minimum atomic E-state index is -0.0178. The summed E-state index contributed by atoms with van der Waals surface area (Å²) in [6, 6.07) is 5.68. The van der Waals surface area contributed by atoms with Crippen LogP contribution in [0.25, 0.3) is 0 Å². The van der Waals surface area contributed by atoms with Crippen molar-refractivity contribution in [2.24, 2.45) is 0 Å². The zero-order valence-corrected chi connectivity index (χ0v) is 11.9. The van der Waals surface area contributed by atoms with E-state index >= 15 is 0 Å². The van der Waals surface area contributed by atoms with Crippen LogP contribution in [-0.2, 0) is 6.54 Å². The highest BCUT2D eigenvalue weighted by Crippen LogP contribution is 2.16. The van der Waals surface area contributed by atoms with E-state index in [1.54, 1.807) is 24.3 Å². The fraction of sp³-hybridized carbons (Fsp3) is 0.231. The third-order valence-corrected chi connectivity index (χ3v) is 3.04. The lowest BCUT2D eigenvalue weighted by Gasteiger charge is -2.16. The van der Waals surface area contributed by atoms with Gasteiger partial charge in [0.2, 0.25) is 0 Å². The molecule has 1 aromatic carbocycles. The number of aromatic nitrogens is 2. The number of nitrogens with zero attached hydrogens (tertiary/aromatic N) is 2. The number of halogens is 1. The highest BCUT2D eigenvalue weighted by atomic mass is 79.9. The first-order valence-corrected chi connectivity index (χ1v) is 6.36. The van der Waals surface area contributed by atoms with Gasteiger partial charge in [-0.3, -0.25) is 4.79 Å². The molecule has 1 amide bonds. The van der Waals surface area contributed by atoms with Crippen LogP contribution in [0.1, 0.15) is 21.7 Å². The van der Waals surface area contributed by atoms with Crippen molar-refractivity contribution in [3.05, 3.63) is 52.0 Å². The number of aromatic amines is 1. The van der Waals surface area contributed by atoms with Crippen molar-refractivity contribution in [3.8, 4) is 0 Å². The highest BCUT2D eigenvalue weighted by molar-refractivity contribution is 9.10. The van der Waals surface area contributed by atoms with Crippen LogP contribution in [-0.4, -0.2) is 27.8 Å². The fourth-order valence-corrected chi connectivity index (χ4v) is 2.37. The number of H-pyrrole nitrogens is 1. The Bertz CT molecular complexity index is 531. The summed E-state index contributed by atoms with van der Waals surface area (Å²) in [6.07, 6.45) is 3.42. The molecular formula is C13H14BrN3O. The maximum absolute atomic E-state index is 12.2. The molecule has 4 nitrogen and oxygen atoms in total. The van der Waals surface area contributed by atoms with E-state index in [-0.39, 0.29) is 5.91 Å². The summed E-state index contributed by atoms with van der Waals surface area (Å²) < 4.78 is 0.914. The van der Waals surface area contributed by atoms with Gasteiger partial charge in [-0.05, 0) is 30.7 Å². The molecule has 0 aliphatic rings. The number of carbonyl (C=O) groups is 1. The first-order valence-electron chi connectivity index (χ1n) is 5.57. The number of imidazole rings is 1. The van der Waals surface area contributed by atoms with Crippen molar-refractivity contribution in [1.82, 2.24) is 14.9 Å². The largest absolute Gasteiger partial charge is 0.347 e. The van der Waals surface area contributed by atoms with E-state index in [4.69, 9.17) is 0 Å². The molecule has 1 N–H and O–H groups in total. The van der Waals surface area contributed by atoms with Gasteiger partial charge in [-0.25, -0.2) is 4.98 Å². The Hall–Kier alpha value is -1.62. The van der Waals surface area contributed by atoms with Crippen LogP contribution in [0.15, 0.2) is 35.1 Å². The predicted molar refractivity (Wildman–Crippen MR) is 73.3 cm³/mol. The second-order valence-electron chi connectivity index (χ2n) is 4.21. The van der Waals surface area contributed by atoms with Gasteiger partial charge in [0.25, 0.3) is 5.91 Å². The SMILES string of the molecule is Cc1cc(Br)cc(C(=O)N(C)Cc2ncc[nH]2)c1. The molecule has 0 spiro atoms. The molecule has 1 aromatic heterocycles. The molecule has 0 unspecified atom stereocenters. The van der Waals surface area contributed by atoms with Crippen LogP contribution in [0, 0.1) is 6.92 Å². The summed E-state index contributed by atoms with van der Waals surface area (Å²) in [7, 11) is 1.76. The summed E-state index contributed by atoms with van der Waals surface area (Å²) in [6.45, 7) is 2.44. The standard InChI is InChI=1S/C13H14BrN3O/c1-9-5-10(7-11(14)6-9)13(18)17(2)8-12-15-3-4-16-12/h3-7H,8H2,1-2H3,(H,15,16). The van der Waals surface area contributed by atoms with Gasteiger partial charge in [0, 0.05) is 29.5 Å². The summed E-state index contributed by atoms with van der Waals surface area (Å²) in [4.78, 5) is 21.0. The molecule has 18 heavy (non-hydrogen) atoms. The van der Waals surface area contributed by atoms with Gasteiger partial charge < -0.3 is 9.88 Å². The second-order valence-corrected chi connectivity index (χ2v) is 5.13. The molecule has 0 saturated heterocycles. The molecular weight excluding hydrogens is 294 g/mol.